The van der Waals surface area contributed by atoms with E-state index < -0.39 is 5.60 Å². The highest BCUT2D eigenvalue weighted by Crippen LogP contribution is 2.30. The molecule has 0 unspecified atom stereocenters. The molecule has 1 aliphatic rings. The lowest BCUT2D eigenvalue weighted by Crippen LogP contribution is -2.86. The van der Waals surface area contributed by atoms with E-state index >= 15 is 0 Å². The van der Waals surface area contributed by atoms with Crippen molar-refractivity contribution in [1.29, 1.82) is 0 Å². The number of hydrogen-bond acceptors (Lipinski definition) is 3. The quantitative estimate of drug-likeness (QED) is 0.851. The number of para-hydroxylation sites is 1. The number of rotatable bonds is 4. The fraction of sp³-hybridized carbons (Fsp3) is 0.562. The summed E-state index contributed by atoms with van der Waals surface area (Å²) in [7, 11) is 1.56. The van der Waals surface area contributed by atoms with Gasteiger partial charge in [0.15, 0.2) is 0 Å². The number of piperidine rings is 1. The molecule has 2 rings (SSSR count). The normalized spacial score (nSPS) is 16.8. The average molecular weight is 278 g/mol. The third kappa shape index (κ3) is 3.31. The molecule has 4 nitrogen and oxygen atoms in total. The summed E-state index contributed by atoms with van der Waals surface area (Å²) in [5.41, 5.74) is 0.0529. The largest absolute Gasteiger partial charge is 0.496 e. The first-order chi connectivity index (χ1) is 9.54. The van der Waals surface area contributed by atoms with Crippen LogP contribution in [-0.4, -0.2) is 31.8 Å². The van der Waals surface area contributed by atoms with Crippen LogP contribution in [0.3, 0.4) is 0 Å². The van der Waals surface area contributed by atoms with Gasteiger partial charge >= 0.3 is 5.97 Å². The summed E-state index contributed by atoms with van der Waals surface area (Å²) >= 11 is 0. The molecule has 1 aromatic rings. The third-order valence-corrected chi connectivity index (χ3v) is 4.10. The maximum atomic E-state index is 12.4. The minimum Gasteiger partial charge on any atom is -0.496 e. The van der Waals surface area contributed by atoms with E-state index in [4.69, 9.17) is 9.47 Å². The van der Waals surface area contributed by atoms with Gasteiger partial charge in [-0.2, -0.15) is 0 Å². The fourth-order valence-electron chi connectivity index (χ4n) is 2.81. The van der Waals surface area contributed by atoms with Crippen molar-refractivity contribution in [2.24, 2.45) is 5.92 Å². The molecule has 0 spiro atoms. The number of ether oxygens (including phenoxy) is 2. The van der Waals surface area contributed by atoms with Crippen molar-refractivity contribution in [3.63, 3.8) is 0 Å². The standard InChI is InChI=1S/C16H23NO3/c1-16(2,12-8-10-17-11-9-12)20-15(18)13-6-4-5-7-14(13)19-3/h4-7,12,17H,8-11H2,1-3H3/p+1. The molecule has 2 N–H and O–H groups in total. The number of quaternary nitrogens is 1. The molecule has 0 amide bonds. The highest BCUT2D eigenvalue weighted by molar-refractivity contribution is 5.92. The van der Waals surface area contributed by atoms with E-state index in [1.165, 1.54) is 0 Å². The lowest BCUT2D eigenvalue weighted by molar-refractivity contribution is -0.665. The maximum absolute atomic E-state index is 12.4. The van der Waals surface area contributed by atoms with Gasteiger partial charge in [0, 0.05) is 18.8 Å². The monoisotopic (exact) mass is 278 g/mol. The first-order valence-electron chi connectivity index (χ1n) is 7.22. The van der Waals surface area contributed by atoms with Gasteiger partial charge in [0.25, 0.3) is 0 Å². The van der Waals surface area contributed by atoms with Crippen molar-refractivity contribution >= 4 is 5.97 Å². The predicted octanol–water partition coefficient (Wildman–Crippen LogP) is 1.60. The van der Waals surface area contributed by atoms with Crippen LogP contribution in [0.1, 0.15) is 37.0 Å². The highest BCUT2D eigenvalue weighted by Gasteiger charge is 2.36. The second-order valence-corrected chi connectivity index (χ2v) is 5.83. The van der Waals surface area contributed by atoms with Crippen LogP contribution in [-0.2, 0) is 4.74 Å². The number of esters is 1. The molecule has 0 aliphatic carbocycles. The van der Waals surface area contributed by atoms with Crippen molar-refractivity contribution < 1.29 is 19.6 Å². The Bertz CT molecular complexity index is 465. The zero-order chi connectivity index (χ0) is 14.6. The van der Waals surface area contributed by atoms with E-state index in [0.29, 0.717) is 17.2 Å². The van der Waals surface area contributed by atoms with Crippen LogP contribution in [0.2, 0.25) is 0 Å². The van der Waals surface area contributed by atoms with E-state index in [9.17, 15) is 4.79 Å². The van der Waals surface area contributed by atoms with Crippen molar-refractivity contribution in [2.45, 2.75) is 32.3 Å². The summed E-state index contributed by atoms with van der Waals surface area (Å²) in [5, 5.41) is 2.31. The van der Waals surface area contributed by atoms with E-state index in [0.717, 1.165) is 25.9 Å². The van der Waals surface area contributed by atoms with E-state index in [1.54, 1.807) is 19.2 Å². The van der Waals surface area contributed by atoms with Crippen molar-refractivity contribution in [3.8, 4) is 5.75 Å². The van der Waals surface area contributed by atoms with Crippen LogP contribution in [0.25, 0.3) is 0 Å². The average Bonchev–Trinajstić information content (AvgIpc) is 2.47. The van der Waals surface area contributed by atoms with Crippen LogP contribution < -0.4 is 10.1 Å². The van der Waals surface area contributed by atoms with Crippen LogP contribution >= 0.6 is 0 Å². The number of hydrogen-bond donors (Lipinski definition) is 1. The zero-order valence-electron chi connectivity index (χ0n) is 12.5. The van der Waals surface area contributed by atoms with Crippen molar-refractivity contribution in [2.75, 3.05) is 20.2 Å². The van der Waals surface area contributed by atoms with Gasteiger partial charge in [-0.05, 0) is 26.0 Å². The molecule has 110 valence electrons. The highest BCUT2D eigenvalue weighted by atomic mass is 16.6. The lowest BCUT2D eigenvalue weighted by atomic mass is 9.83. The SMILES string of the molecule is COc1ccccc1C(=O)OC(C)(C)C1CC[NH2+]CC1. The summed E-state index contributed by atoms with van der Waals surface area (Å²) in [4.78, 5) is 12.4. The Morgan fingerprint density at radius 1 is 1.25 bits per heavy atom. The summed E-state index contributed by atoms with van der Waals surface area (Å²) < 4.78 is 11.0. The fourth-order valence-corrected chi connectivity index (χ4v) is 2.81. The number of carbonyl (C=O) groups is 1. The number of carbonyl (C=O) groups excluding carboxylic acids is 1. The van der Waals surface area contributed by atoms with Crippen molar-refractivity contribution in [3.05, 3.63) is 29.8 Å². The molecule has 0 bridgehead atoms. The summed E-state index contributed by atoms with van der Waals surface area (Å²) in [5.74, 6) is 0.679. The maximum Gasteiger partial charge on any atom is 0.342 e. The second-order valence-electron chi connectivity index (χ2n) is 5.83. The predicted molar refractivity (Wildman–Crippen MR) is 76.9 cm³/mol. The Morgan fingerprint density at radius 3 is 2.55 bits per heavy atom. The summed E-state index contributed by atoms with van der Waals surface area (Å²) in [6, 6.07) is 7.18. The van der Waals surface area contributed by atoms with Gasteiger partial charge < -0.3 is 14.8 Å². The molecular weight excluding hydrogens is 254 g/mol. The van der Waals surface area contributed by atoms with E-state index in [2.05, 4.69) is 5.32 Å². The molecular formula is C16H24NO3+. The first-order valence-corrected chi connectivity index (χ1v) is 7.22. The first kappa shape index (κ1) is 14.9. The Balaban J connectivity index is 2.09. The summed E-state index contributed by atoms with van der Waals surface area (Å²) in [6.45, 7) is 6.24. The number of nitrogens with two attached hydrogens (primary N) is 1. The summed E-state index contributed by atoms with van der Waals surface area (Å²) in [6.07, 6.45) is 2.18. The topological polar surface area (TPSA) is 52.1 Å². The molecule has 1 saturated heterocycles. The van der Waals surface area contributed by atoms with Gasteiger partial charge in [0.05, 0.1) is 20.2 Å². The number of methoxy groups -OCH3 is 1. The minimum atomic E-state index is -0.438. The van der Waals surface area contributed by atoms with Crippen molar-refractivity contribution in [1.82, 2.24) is 0 Å². The molecule has 0 radical (unpaired) electrons. The Labute approximate surface area is 120 Å². The van der Waals surface area contributed by atoms with Gasteiger partial charge in [-0.15, -0.1) is 0 Å². The smallest absolute Gasteiger partial charge is 0.342 e. The molecule has 1 heterocycles. The van der Waals surface area contributed by atoms with Gasteiger partial charge in [-0.25, -0.2) is 4.79 Å². The Hall–Kier alpha value is -1.55. The second kappa shape index (κ2) is 6.27. The van der Waals surface area contributed by atoms with Gasteiger partial charge in [-0.1, -0.05) is 12.1 Å². The third-order valence-electron chi connectivity index (χ3n) is 4.10. The molecule has 1 aromatic carbocycles. The van der Waals surface area contributed by atoms with Crippen LogP contribution in [0.15, 0.2) is 24.3 Å². The Morgan fingerprint density at radius 2 is 1.90 bits per heavy atom. The van der Waals surface area contributed by atoms with Crippen LogP contribution in [0, 0.1) is 5.92 Å². The molecule has 0 saturated carbocycles. The zero-order valence-corrected chi connectivity index (χ0v) is 12.5. The van der Waals surface area contributed by atoms with Crippen LogP contribution in [0.4, 0.5) is 0 Å². The number of benzene rings is 1. The molecule has 20 heavy (non-hydrogen) atoms. The molecule has 0 aromatic heterocycles. The van der Waals surface area contributed by atoms with Crippen LogP contribution in [0.5, 0.6) is 5.75 Å². The molecule has 1 fully saturated rings. The lowest BCUT2D eigenvalue weighted by Gasteiger charge is -2.35. The van der Waals surface area contributed by atoms with Gasteiger partial charge in [-0.3, -0.25) is 0 Å². The Kier molecular flexibility index (Phi) is 4.65. The van der Waals surface area contributed by atoms with Gasteiger partial charge in [0.2, 0.25) is 0 Å². The molecule has 0 atom stereocenters. The van der Waals surface area contributed by atoms with E-state index in [1.807, 2.05) is 26.0 Å². The molecule has 1 aliphatic heterocycles. The van der Waals surface area contributed by atoms with Gasteiger partial charge in [0.1, 0.15) is 16.9 Å². The van der Waals surface area contributed by atoms with E-state index in [-0.39, 0.29) is 5.97 Å². The molecule has 4 heteroatoms. The minimum absolute atomic E-state index is 0.304.